The number of hydrogen-bond acceptors (Lipinski definition) is 5. The fourth-order valence-corrected chi connectivity index (χ4v) is 4.69. The molecule has 4 rings (SSSR count). The number of aryl methyl sites for hydroxylation is 2. The Labute approximate surface area is 190 Å². The van der Waals surface area contributed by atoms with Crippen LogP contribution in [0.1, 0.15) is 40.0 Å². The molecule has 0 fully saturated rings. The van der Waals surface area contributed by atoms with Crippen LogP contribution in [0.25, 0.3) is 11.4 Å². The Morgan fingerprint density at radius 2 is 1.84 bits per heavy atom. The number of carbonyl (C=O) groups is 1. The van der Waals surface area contributed by atoms with Crippen molar-refractivity contribution < 1.29 is 13.6 Å². The molecule has 0 saturated heterocycles. The Bertz CT molecular complexity index is 1250. The summed E-state index contributed by atoms with van der Waals surface area (Å²) >= 11 is 1.39. The molecule has 0 unspecified atom stereocenters. The van der Waals surface area contributed by atoms with E-state index in [1.54, 1.807) is 18.4 Å². The molecule has 0 N–H and O–H groups in total. The Morgan fingerprint density at radius 3 is 2.50 bits per heavy atom. The molecule has 8 heteroatoms. The highest BCUT2D eigenvalue weighted by Crippen LogP contribution is 2.28. The van der Waals surface area contributed by atoms with Gasteiger partial charge in [0.15, 0.2) is 16.8 Å². The Kier molecular flexibility index (Phi) is 6.32. The number of furan rings is 1. The Balaban J connectivity index is 1.50. The lowest BCUT2D eigenvalue weighted by molar-refractivity contribution is 0.102. The zero-order valence-corrected chi connectivity index (χ0v) is 19.4. The van der Waals surface area contributed by atoms with Crippen molar-refractivity contribution in [1.29, 1.82) is 0 Å². The van der Waals surface area contributed by atoms with Crippen LogP contribution in [-0.2, 0) is 13.1 Å². The summed E-state index contributed by atoms with van der Waals surface area (Å²) in [4.78, 5) is 13.0. The monoisotopic (exact) mass is 452 g/mol. The highest BCUT2D eigenvalue weighted by atomic mass is 32.2. The zero-order chi connectivity index (χ0) is 22.8. The molecule has 4 aromatic rings. The lowest BCUT2D eigenvalue weighted by atomic mass is 10.2. The number of hydrogen-bond donors (Lipinski definition) is 0. The summed E-state index contributed by atoms with van der Waals surface area (Å²) in [6.07, 6.45) is 1.64. The molecule has 0 radical (unpaired) electrons. The van der Waals surface area contributed by atoms with Crippen molar-refractivity contribution in [1.82, 2.24) is 19.3 Å². The number of ketones is 1. The smallest absolute Gasteiger partial charge is 0.191 e. The van der Waals surface area contributed by atoms with Gasteiger partial charge in [-0.3, -0.25) is 4.79 Å². The number of nitrogens with zero attached hydrogens (tertiary/aromatic N) is 4. The number of carbonyl (C=O) groups excluding carboxylic acids is 1. The van der Waals surface area contributed by atoms with E-state index in [2.05, 4.69) is 14.8 Å². The van der Waals surface area contributed by atoms with Crippen LogP contribution < -0.4 is 0 Å². The normalized spacial score (nSPS) is 11.3. The van der Waals surface area contributed by atoms with Gasteiger partial charge in [0.1, 0.15) is 11.6 Å². The number of rotatable bonds is 8. The quantitative estimate of drug-likeness (QED) is 0.263. The molecule has 0 aliphatic carbocycles. The summed E-state index contributed by atoms with van der Waals surface area (Å²) in [6.45, 7) is 9.13. The number of aromatic nitrogens is 4. The van der Waals surface area contributed by atoms with Crippen LogP contribution >= 0.6 is 11.8 Å². The Morgan fingerprint density at radius 1 is 1.09 bits per heavy atom. The Hall–Kier alpha value is -3.13. The van der Waals surface area contributed by atoms with Gasteiger partial charge < -0.3 is 13.6 Å². The molecule has 1 aromatic carbocycles. The minimum absolute atomic E-state index is 0.0418. The van der Waals surface area contributed by atoms with Crippen molar-refractivity contribution in [2.24, 2.45) is 0 Å². The molecule has 6 nitrogen and oxygen atoms in total. The molecule has 0 bridgehead atoms. The fourth-order valence-electron chi connectivity index (χ4n) is 3.80. The van der Waals surface area contributed by atoms with Gasteiger partial charge in [-0.2, -0.15) is 0 Å². The maximum atomic E-state index is 13.2. The van der Waals surface area contributed by atoms with Gasteiger partial charge in [-0.1, -0.05) is 23.9 Å². The van der Waals surface area contributed by atoms with Crippen LogP contribution in [0.3, 0.4) is 0 Å². The van der Waals surface area contributed by atoms with E-state index in [1.165, 1.54) is 23.9 Å². The minimum atomic E-state index is -0.256. The van der Waals surface area contributed by atoms with Crippen LogP contribution in [-0.4, -0.2) is 30.9 Å². The first-order valence-corrected chi connectivity index (χ1v) is 11.4. The summed E-state index contributed by atoms with van der Waals surface area (Å²) in [5.41, 5.74) is 4.49. The predicted octanol–water partition coefficient (Wildman–Crippen LogP) is 5.45. The fraction of sp³-hybridized carbons (Fsp3) is 0.292. The van der Waals surface area contributed by atoms with Crippen LogP contribution in [0.15, 0.2) is 52.2 Å². The van der Waals surface area contributed by atoms with Crippen LogP contribution in [0, 0.1) is 26.6 Å². The largest absolute Gasteiger partial charge is 0.469 e. The maximum Gasteiger partial charge on any atom is 0.191 e. The van der Waals surface area contributed by atoms with Crippen molar-refractivity contribution in [3.8, 4) is 11.4 Å². The summed E-state index contributed by atoms with van der Waals surface area (Å²) in [6, 6.07) is 10.2. The van der Waals surface area contributed by atoms with Crippen LogP contribution in [0.5, 0.6) is 0 Å². The average Bonchev–Trinajstić information content (AvgIpc) is 3.46. The molecule has 0 amide bonds. The highest BCUT2D eigenvalue weighted by Gasteiger charge is 2.20. The first kappa shape index (κ1) is 22.1. The minimum Gasteiger partial charge on any atom is -0.469 e. The molecule has 0 atom stereocenters. The van der Waals surface area contributed by atoms with Crippen molar-refractivity contribution in [3.05, 3.63) is 76.8 Å². The molecule has 0 aliphatic heterocycles. The third-order valence-corrected chi connectivity index (χ3v) is 6.56. The molecule has 166 valence electrons. The van der Waals surface area contributed by atoms with E-state index in [0.717, 1.165) is 34.1 Å². The van der Waals surface area contributed by atoms with Crippen molar-refractivity contribution in [2.75, 3.05) is 5.75 Å². The van der Waals surface area contributed by atoms with Crippen molar-refractivity contribution in [3.63, 3.8) is 0 Å². The van der Waals surface area contributed by atoms with Crippen LogP contribution in [0.2, 0.25) is 0 Å². The van der Waals surface area contributed by atoms with Gasteiger partial charge in [-0.25, -0.2) is 4.39 Å². The number of halogens is 1. The maximum absolute atomic E-state index is 13.2. The van der Waals surface area contributed by atoms with E-state index in [4.69, 9.17) is 4.42 Å². The predicted molar refractivity (Wildman–Crippen MR) is 123 cm³/mol. The second-order valence-corrected chi connectivity index (χ2v) is 8.59. The van der Waals surface area contributed by atoms with Crippen molar-refractivity contribution in [2.45, 2.75) is 45.9 Å². The number of Topliss-reactive ketones (excluding diaryl/α,β-unsaturated/α-hetero) is 1. The lowest BCUT2D eigenvalue weighted by Gasteiger charge is -2.10. The van der Waals surface area contributed by atoms with Gasteiger partial charge in [-0.15, -0.1) is 10.2 Å². The molecule has 3 aromatic heterocycles. The second-order valence-electron chi connectivity index (χ2n) is 7.65. The summed E-state index contributed by atoms with van der Waals surface area (Å²) < 4.78 is 22.7. The molecule has 3 heterocycles. The topological polar surface area (TPSA) is 65.8 Å². The first-order chi connectivity index (χ1) is 15.4. The van der Waals surface area contributed by atoms with E-state index < -0.39 is 0 Å². The molecular weight excluding hydrogens is 427 g/mol. The molecule has 32 heavy (non-hydrogen) atoms. The van der Waals surface area contributed by atoms with Gasteiger partial charge in [0, 0.05) is 30.0 Å². The summed E-state index contributed by atoms with van der Waals surface area (Å²) in [7, 11) is 0. The number of benzene rings is 1. The molecule has 0 saturated carbocycles. The van der Waals surface area contributed by atoms with Crippen molar-refractivity contribution >= 4 is 17.5 Å². The first-order valence-electron chi connectivity index (χ1n) is 10.4. The van der Waals surface area contributed by atoms with E-state index in [0.29, 0.717) is 23.8 Å². The molecule has 0 aliphatic rings. The van der Waals surface area contributed by atoms with Gasteiger partial charge in [-0.05, 0) is 57.5 Å². The SMILES string of the molecule is CCn1c(SCC(=O)c2cc(C)n(Cc3ccc(F)cc3)c2C)nnc1-c1ccoc1C. The molecule has 0 spiro atoms. The van der Waals surface area contributed by atoms with E-state index in [9.17, 15) is 9.18 Å². The molecular formula is C24H25FN4O2S. The summed E-state index contributed by atoms with van der Waals surface area (Å²) in [5, 5.41) is 9.33. The number of thioether (sulfide) groups is 1. The van der Waals surface area contributed by atoms with E-state index in [-0.39, 0.29) is 17.4 Å². The highest BCUT2D eigenvalue weighted by molar-refractivity contribution is 7.99. The van der Waals surface area contributed by atoms with E-state index in [1.807, 2.05) is 44.4 Å². The average molecular weight is 453 g/mol. The third kappa shape index (κ3) is 4.27. The van der Waals surface area contributed by atoms with Gasteiger partial charge in [0.05, 0.1) is 17.6 Å². The van der Waals surface area contributed by atoms with Crippen LogP contribution in [0.4, 0.5) is 4.39 Å². The van der Waals surface area contributed by atoms with E-state index >= 15 is 0 Å². The standard InChI is InChI=1S/C24H25FN4O2S/c1-5-28-23(20-10-11-31-17(20)4)26-27-24(28)32-14-22(30)21-12-15(2)29(16(21)3)13-18-6-8-19(25)9-7-18/h6-12H,5,13-14H2,1-4H3. The third-order valence-electron chi connectivity index (χ3n) is 5.59. The van der Waals surface area contributed by atoms with Gasteiger partial charge >= 0.3 is 0 Å². The second kappa shape index (κ2) is 9.16. The zero-order valence-electron chi connectivity index (χ0n) is 18.6. The van der Waals surface area contributed by atoms with Gasteiger partial charge in [0.2, 0.25) is 0 Å². The van der Waals surface area contributed by atoms with Gasteiger partial charge in [0.25, 0.3) is 0 Å². The lowest BCUT2D eigenvalue weighted by Crippen LogP contribution is -2.08. The summed E-state index contributed by atoms with van der Waals surface area (Å²) in [5.74, 6) is 1.58.